The van der Waals surface area contributed by atoms with Crippen LogP contribution in [0.1, 0.15) is 58.3 Å². The highest BCUT2D eigenvalue weighted by Crippen LogP contribution is 2.30. The third-order valence-corrected chi connectivity index (χ3v) is 4.40. The second-order valence-corrected chi connectivity index (χ2v) is 6.37. The Morgan fingerprint density at radius 2 is 1.95 bits per heavy atom. The summed E-state index contributed by atoms with van der Waals surface area (Å²) in [6.45, 7) is 6.50. The molecule has 3 rings (SSSR count). The van der Waals surface area contributed by atoms with Crippen molar-refractivity contribution < 1.29 is 4.42 Å². The summed E-state index contributed by atoms with van der Waals surface area (Å²) in [7, 11) is 0. The Kier molecular flexibility index (Phi) is 3.68. The van der Waals surface area contributed by atoms with E-state index in [0.717, 1.165) is 28.6 Å². The molecule has 1 aromatic heterocycles. The highest BCUT2D eigenvalue weighted by Gasteiger charge is 2.21. The third-order valence-electron chi connectivity index (χ3n) is 4.40. The molecular weight excluding hydrogens is 248 g/mol. The van der Waals surface area contributed by atoms with Crippen LogP contribution in [0.4, 0.5) is 5.69 Å². The average molecular weight is 272 g/mol. The zero-order valence-electron chi connectivity index (χ0n) is 12.6. The lowest BCUT2D eigenvalue weighted by Gasteiger charge is -2.21. The molecule has 0 amide bonds. The van der Waals surface area contributed by atoms with Crippen LogP contribution in [0.2, 0.25) is 0 Å². The van der Waals surface area contributed by atoms with Crippen molar-refractivity contribution in [3.63, 3.8) is 0 Å². The second-order valence-electron chi connectivity index (χ2n) is 6.37. The quantitative estimate of drug-likeness (QED) is 0.856. The highest BCUT2D eigenvalue weighted by atomic mass is 16.3. The van der Waals surface area contributed by atoms with Crippen LogP contribution in [-0.4, -0.2) is 11.0 Å². The summed E-state index contributed by atoms with van der Waals surface area (Å²) in [6.07, 6.45) is 5.49. The molecule has 0 aliphatic heterocycles. The van der Waals surface area contributed by atoms with E-state index < -0.39 is 0 Å². The number of rotatable bonds is 4. The summed E-state index contributed by atoms with van der Waals surface area (Å²) >= 11 is 0. The fourth-order valence-corrected chi connectivity index (χ4v) is 3.12. The molecule has 20 heavy (non-hydrogen) atoms. The maximum Gasteiger partial charge on any atom is 0.198 e. The molecule has 1 unspecified atom stereocenters. The summed E-state index contributed by atoms with van der Waals surface area (Å²) in [5.41, 5.74) is 2.99. The van der Waals surface area contributed by atoms with Gasteiger partial charge in [-0.1, -0.05) is 26.7 Å². The molecule has 0 spiro atoms. The van der Waals surface area contributed by atoms with Gasteiger partial charge in [-0.2, -0.15) is 0 Å². The van der Waals surface area contributed by atoms with Crippen LogP contribution >= 0.6 is 0 Å². The fraction of sp³-hybridized carbons (Fsp3) is 0.588. The third kappa shape index (κ3) is 2.67. The summed E-state index contributed by atoms with van der Waals surface area (Å²) in [6, 6.07) is 6.77. The molecule has 0 saturated heterocycles. The maximum atomic E-state index is 5.75. The van der Waals surface area contributed by atoms with Crippen molar-refractivity contribution in [2.24, 2.45) is 5.92 Å². The Morgan fingerprint density at radius 3 is 2.65 bits per heavy atom. The molecule has 1 aliphatic carbocycles. The van der Waals surface area contributed by atoms with E-state index in [9.17, 15) is 0 Å². The number of fused-ring (bicyclic) bond motifs is 1. The Balaban J connectivity index is 1.77. The maximum absolute atomic E-state index is 5.75. The molecule has 3 heteroatoms. The van der Waals surface area contributed by atoms with Gasteiger partial charge < -0.3 is 9.73 Å². The zero-order valence-corrected chi connectivity index (χ0v) is 12.6. The van der Waals surface area contributed by atoms with Crippen molar-refractivity contribution in [1.82, 2.24) is 4.98 Å². The average Bonchev–Trinajstić information content (AvgIpc) is 3.07. The first kappa shape index (κ1) is 13.5. The van der Waals surface area contributed by atoms with E-state index in [1.165, 1.54) is 25.7 Å². The van der Waals surface area contributed by atoms with Crippen molar-refractivity contribution in [1.29, 1.82) is 0 Å². The first-order valence-corrected chi connectivity index (χ1v) is 7.80. The van der Waals surface area contributed by atoms with Gasteiger partial charge in [0.1, 0.15) is 5.52 Å². The Hall–Kier alpha value is -1.51. The van der Waals surface area contributed by atoms with Crippen molar-refractivity contribution in [3.8, 4) is 0 Å². The zero-order chi connectivity index (χ0) is 14.1. The van der Waals surface area contributed by atoms with E-state index in [-0.39, 0.29) is 0 Å². The summed E-state index contributed by atoms with van der Waals surface area (Å²) < 4.78 is 5.75. The molecule has 1 aromatic carbocycles. The SMILES string of the molecule is CC(C)c1nc2cc(NC(C)C3CCCC3)ccc2o1. The van der Waals surface area contributed by atoms with Gasteiger partial charge in [0.15, 0.2) is 11.5 Å². The standard InChI is InChI=1S/C17H24N2O/c1-11(2)17-19-15-10-14(8-9-16(15)20-17)18-12(3)13-6-4-5-7-13/h8-13,18H,4-7H2,1-3H3. The van der Waals surface area contributed by atoms with Gasteiger partial charge in [-0.15, -0.1) is 0 Å². The Bertz CT molecular complexity index is 582. The molecule has 1 fully saturated rings. The van der Waals surface area contributed by atoms with Crippen LogP contribution in [-0.2, 0) is 0 Å². The van der Waals surface area contributed by atoms with Crippen LogP contribution in [0, 0.1) is 5.92 Å². The minimum absolute atomic E-state index is 0.330. The number of nitrogens with one attached hydrogen (secondary N) is 1. The van der Waals surface area contributed by atoms with Crippen molar-refractivity contribution in [2.45, 2.75) is 58.4 Å². The minimum Gasteiger partial charge on any atom is -0.440 e. The van der Waals surface area contributed by atoms with Gasteiger partial charge in [-0.05, 0) is 43.9 Å². The minimum atomic E-state index is 0.330. The van der Waals surface area contributed by atoms with Gasteiger partial charge in [0.2, 0.25) is 0 Å². The van der Waals surface area contributed by atoms with E-state index in [2.05, 4.69) is 43.2 Å². The van der Waals surface area contributed by atoms with E-state index in [1.54, 1.807) is 0 Å². The highest BCUT2D eigenvalue weighted by molar-refractivity contribution is 5.77. The van der Waals surface area contributed by atoms with E-state index in [1.807, 2.05) is 6.07 Å². The number of hydrogen-bond acceptors (Lipinski definition) is 3. The smallest absolute Gasteiger partial charge is 0.198 e. The molecular formula is C17H24N2O. The topological polar surface area (TPSA) is 38.1 Å². The number of aromatic nitrogens is 1. The molecule has 108 valence electrons. The molecule has 0 bridgehead atoms. The first-order valence-electron chi connectivity index (χ1n) is 7.80. The van der Waals surface area contributed by atoms with Gasteiger partial charge in [-0.3, -0.25) is 0 Å². The van der Waals surface area contributed by atoms with Crippen molar-refractivity contribution in [3.05, 3.63) is 24.1 Å². The molecule has 1 saturated carbocycles. The summed E-state index contributed by atoms with van der Waals surface area (Å²) in [4.78, 5) is 4.57. The first-order chi connectivity index (χ1) is 9.63. The van der Waals surface area contributed by atoms with Crippen molar-refractivity contribution in [2.75, 3.05) is 5.32 Å². The number of oxazole rings is 1. The molecule has 3 nitrogen and oxygen atoms in total. The lowest BCUT2D eigenvalue weighted by Crippen LogP contribution is -2.23. The molecule has 1 aliphatic rings. The van der Waals surface area contributed by atoms with Gasteiger partial charge in [0, 0.05) is 17.6 Å². The number of benzene rings is 1. The van der Waals surface area contributed by atoms with E-state index in [4.69, 9.17) is 4.42 Å². The second kappa shape index (κ2) is 5.47. The van der Waals surface area contributed by atoms with Crippen molar-refractivity contribution >= 4 is 16.8 Å². The lowest BCUT2D eigenvalue weighted by molar-refractivity contribution is 0.482. The van der Waals surface area contributed by atoms with E-state index in [0.29, 0.717) is 12.0 Å². The molecule has 1 heterocycles. The Labute approximate surface area is 120 Å². The predicted molar refractivity (Wildman–Crippen MR) is 83.1 cm³/mol. The van der Waals surface area contributed by atoms with E-state index >= 15 is 0 Å². The van der Waals surface area contributed by atoms with Gasteiger partial charge in [-0.25, -0.2) is 4.98 Å². The van der Waals surface area contributed by atoms with Gasteiger partial charge in [0.25, 0.3) is 0 Å². The summed E-state index contributed by atoms with van der Waals surface area (Å²) in [5, 5.41) is 3.63. The predicted octanol–water partition coefficient (Wildman–Crippen LogP) is 4.94. The largest absolute Gasteiger partial charge is 0.440 e. The monoisotopic (exact) mass is 272 g/mol. The molecule has 1 atom stereocenters. The normalized spacial score (nSPS) is 18.0. The van der Waals surface area contributed by atoms with Crippen LogP contribution in [0.25, 0.3) is 11.1 Å². The number of nitrogens with zero attached hydrogens (tertiary/aromatic N) is 1. The van der Waals surface area contributed by atoms with Crippen LogP contribution in [0.5, 0.6) is 0 Å². The van der Waals surface area contributed by atoms with Gasteiger partial charge in [0.05, 0.1) is 0 Å². The molecule has 1 N–H and O–H groups in total. The summed E-state index contributed by atoms with van der Waals surface area (Å²) in [5.74, 6) is 1.96. The fourth-order valence-electron chi connectivity index (χ4n) is 3.12. The Morgan fingerprint density at radius 1 is 1.20 bits per heavy atom. The van der Waals surface area contributed by atoms with Crippen LogP contribution in [0.15, 0.2) is 22.6 Å². The number of hydrogen-bond donors (Lipinski definition) is 1. The van der Waals surface area contributed by atoms with Crippen LogP contribution < -0.4 is 5.32 Å². The van der Waals surface area contributed by atoms with Crippen LogP contribution in [0.3, 0.4) is 0 Å². The number of anilines is 1. The molecule has 0 radical (unpaired) electrons. The van der Waals surface area contributed by atoms with Gasteiger partial charge >= 0.3 is 0 Å². The molecule has 2 aromatic rings. The lowest BCUT2D eigenvalue weighted by atomic mass is 9.99.